The number of carbonyl (C=O) groups excluding carboxylic acids is 2. The highest BCUT2D eigenvalue weighted by Gasteiger charge is 2.10. The first-order chi connectivity index (χ1) is 5.43. The zero-order valence-electron chi connectivity index (χ0n) is 8.13. The third-order valence-corrected chi connectivity index (χ3v) is 1.32. The molecule has 0 saturated carbocycles. The molecule has 0 radical (unpaired) electrons. The lowest BCUT2D eigenvalue weighted by Gasteiger charge is -2.20. The normalized spacial score (nSPS) is 10.1. The van der Waals surface area contributed by atoms with Gasteiger partial charge in [-0.2, -0.15) is 0 Å². The second kappa shape index (κ2) is 4.87. The van der Waals surface area contributed by atoms with Crippen LogP contribution in [0.2, 0.25) is 0 Å². The average molecular weight is 172 g/mol. The minimum absolute atomic E-state index is 0.00431. The molecule has 4 nitrogen and oxygen atoms in total. The topological polar surface area (TPSA) is 40.6 Å². The number of hydrogen-bond acceptors (Lipinski definition) is 3. The van der Waals surface area contributed by atoms with Crippen LogP contribution >= 0.6 is 0 Å². The predicted octanol–water partition coefficient (Wildman–Crippen LogP) is -0.0570. The number of amides is 1. The number of rotatable bonds is 4. The van der Waals surface area contributed by atoms with Crippen LogP contribution in [0, 0.1) is 0 Å². The van der Waals surface area contributed by atoms with E-state index >= 15 is 0 Å². The van der Waals surface area contributed by atoms with Crippen LogP contribution in [0.5, 0.6) is 0 Å². The van der Waals surface area contributed by atoms with Crippen molar-refractivity contribution in [2.45, 2.75) is 13.3 Å². The first kappa shape index (κ1) is 11.1. The van der Waals surface area contributed by atoms with Crippen molar-refractivity contribution in [3.8, 4) is 0 Å². The van der Waals surface area contributed by atoms with Crippen molar-refractivity contribution in [2.75, 3.05) is 27.8 Å². The molecule has 0 aromatic carbocycles. The molecule has 0 unspecified atom stereocenters. The molecule has 0 fully saturated rings. The van der Waals surface area contributed by atoms with Gasteiger partial charge in [0.2, 0.25) is 5.91 Å². The van der Waals surface area contributed by atoms with E-state index in [1.165, 1.54) is 11.8 Å². The Kier molecular flexibility index (Phi) is 4.51. The zero-order valence-corrected chi connectivity index (χ0v) is 8.13. The SMILES string of the molecule is CC(=O)CC(=O)N(C)CN(C)C. The third kappa shape index (κ3) is 4.85. The van der Waals surface area contributed by atoms with Crippen LogP contribution in [0.1, 0.15) is 13.3 Å². The van der Waals surface area contributed by atoms with Crippen molar-refractivity contribution in [3.05, 3.63) is 0 Å². The van der Waals surface area contributed by atoms with Gasteiger partial charge in [0.05, 0.1) is 13.1 Å². The summed E-state index contributed by atoms with van der Waals surface area (Å²) < 4.78 is 0. The molecule has 0 atom stereocenters. The molecule has 0 rings (SSSR count). The van der Waals surface area contributed by atoms with E-state index in [1.807, 2.05) is 19.0 Å². The maximum Gasteiger partial charge on any atom is 0.230 e. The second-order valence-corrected chi connectivity index (χ2v) is 3.19. The van der Waals surface area contributed by atoms with Gasteiger partial charge in [-0.05, 0) is 21.0 Å². The van der Waals surface area contributed by atoms with Crippen molar-refractivity contribution in [1.82, 2.24) is 9.80 Å². The second-order valence-electron chi connectivity index (χ2n) is 3.19. The largest absolute Gasteiger partial charge is 0.332 e. The molecule has 0 aliphatic heterocycles. The molecule has 4 heteroatoms. The summed E-state index contributed by atoms with van der Waals surface area (Å²) in [4.78, 5) is 25.2. The van der Waals surface area contributed by atoms with Gasteiger partial charge in [0.1, 0.15) is 5.78 Å². The van der Waals surface area contributed by atoms with Crippen molar-refractivity contribution in [1.29, 1.82) is 0 Å². The van der Waals surface area contributed by atoms with Crippen LogP contribution in [0.25, 0.3) is 0 Å². The summed E-state index contributed by atoms with van der Waals surface area (Å²) in [6.45, 7) is 1.97. The number of hydrogen-bond donors (Lipinski definition) is 0. The molecule has 0 heterocycles. The van der Waals surface area contributed by atoms with Crippen LogP contribution in [-0.2, 0) is 9.59 Å². The molecule has 0 aromatic heterocycles. The van der Waals surface area contributed by atoms with Gasteiger partial charge < -0.3 is 4.90 Å². The van der Waals surface area contributed by atoms with E-state index < -0.39 is 0 Å². The molecular weight excluding hydrogens is 156 g/mol. The Morgan fingerprint density at radius 2 is 1.67 bits per heavy atom. The average Bonchev–Trinajstić information content (AvgIpc) is 1.84. The van der Waals surface area contributed by atoms with Gasteiger partial charge in [0, 0.05) is 7.05 Å². The fraction of sp³-hybridized carbons (Fsp3) is 0.750. The molecule has 70 valence electrons. The zero-order chi connectivity index (χ0) is 9.72. The minimum atomic E-state index is -0.129. The predicted molar refractivity (Wildman–Crippen MR) is 46.6 cm³/mol. The third-order valence-electron chi connectivity index (χ3n) is 1.32. The molecule has 0 spiro atoms. The monoisotopic (exact) mass is 172 g/mol. The summed E-state index contributed by atoms with van der Waals surface area (Å²) in [5.41, 5.74) is 0. The minimum Gasteiger partial charge on any atom is -0.332 e. The Hall–Kier alpha value is -0.900. The molecule has 0 saturated heterocycles. The lowest BCUT2D eigenvalue weighted by molar-refractivity contribution is -0.135. The summed E-state index contributed by atoms with van der Waals surface area (Å²) in [6.07, 6.45) is 0.00431. The molecule has 0 N–H and O–H groups in total. The smallest absolute Gasteiger partial charge is 0.230 e. The van der Waals surface area contributed by atoms with E-state index in [4.69, 9.17) is 0 Å². The maximum absolute atomic E-state index is 11.2. The van der Waals surface area contributed by atoms with E-state index in [9.17, 15) is 9.59 Å². The molecule has 1 amide bonds. The van der Waals surface area contributed by atoms with E-state index in [0.29, 0.717) is 6.67 Å². The highest BCUT2D eigenvalue weighted by molar-refractivity contribution is 5.96. The van der Waals surface area contributed by atoms with Crippen LogP contribution < -0.4 is 0 Å². The van der Waals surface area contributed by atoms with Gasteiger partial charge in [0.25, 0.3) is 0 Å². The number of carbonyl (C=O) groups is 2. The first-order valence-electron chi connectivity index (χ1n) is 3.81. The van der Waals surface area contributed by atoms with E-state index in [2.05, 4.69) is 0 Å². The van der Waals surface area contributed by atoms with Crippen LogP contribution in [0.3, 0.4) is 0 Å². The summed E-state index contributed by atoms with van der Waals surface area (Å²) in [5.74, 6) is -0.221. The van der Waals surface area contributed by atoms with E-state index in [0.717, 1.165) is 0 Å². The van der Waals surface area contributed by atoms with Gasteiger partial charge in [0.15, 0.2) is 0 Å². The first-order valence-corrected chi connectivity index (χ1v) is 3.81. The highest BCUT2D eigenvalue weighted by Crippen LogP contribution is 1.92. The Bertz CT molecular complexity index is 178. The quantitative estimate of drug-likeness (QED) is 0.441. The molecule has 0 aromatic rings. The van der Waals surface area contributed by atoms with Crippen molar-refractivity contribution in [3.63, 3.8) is 0 Å². The van der Waals surface area contributed by atoms with Gasteiger partial charge in [-0.15, -0.1) is 0 Å². The van der Waals surface area contributed by atoms with Crippen molar-refractivity contribution in [2.24, 2.45) is 0 Å². The van der Waals surface area contributed by atoms with E-state index in [1.54, 1.807) is 7.05 Å². The van der Waals surface area contributed by atoms with Gasteiger partial charge in [-0.3, -0.25) is 14.5 Å². The summed E-state index contributed by atoms with van der Waals surface area (Å²) in [5, 5.41) is 0. The van der Waals surface area contributed by atoms with Crippen LogP contribution in [0.15, 0.2) is 0 Å². The summed E-state index contributed by atoms with van der Waals surface area (Å²) in [6, 6.07) is 0. The lowest BCUT2D eigenvalue weighted by Crippen LogP contribution is -2.35. The fourth-order valence-electron chi connectivity index (χ4n) is 0.851. The molecule has 0 bridgehead atoms. The van der Waals surface area contributed by atoms with Crippen molar-refractivity contribution < 1.29 is 9.59 Å². The fourth-order valence-corrected chi connectivity index (χ4v) is 0.851. The number of nitrogens with zero attached hydrogens (tertiary/aromatic N) is 2. The number of Topliss-reactive ketones (excluding diaryl/α,β-unsaturated/α-hetero) is 1. The number of ketones is 1. The Morgan fingerprint density at radius 1 is 1.17 bits per heavy atom. The lowest BCUT2D eigenvalue weighted by atomic mass is 10.3. The van der Waals surface area contributed by atoms with Gasteiger partial charge in [-0.25, -0.2) is 0 Å². The van der Waals surface area contributed by atoms with Gasteiger partial charge in [-0.1, -0.05) is 0 Å². The Balaban J connectivity index is 3.85. The van der Waals surface area contributed by atoms with Gasteiger partial charge >= 0.3 is 0 Å². The maximum atomic E-state index is 11.2. The molecule has 12 heavy (non-hydrogen) atoms. The van der Waals surface area contributed by atoms with Crippen LogP contribution in [-0.4, -0.2) is 49.3 Å². The standard InChI is InChI=1S/C8H16N2O2/c1-7(11)5-8(12)10(4)6-9(2)3/h5-6H2,1-4H3. The van der Waals surface area contributed by atoms with E-state index in [-0.39, 0.29) is 18.1 Å². The Labute approximate surface area is 73.1 Å². The highest BCUT2D eigenvalue weighted by atomic mass is 16.2. The molecule has 0 aliphatic rings. The van der Waals surface area contributed by atoms with Crippen LogP contribution in [0.4, 0.5) is 0 Å². The Morgan fingerprint density at radius 3 is 2.00 bits per heavy atom. The molecular formula is C8H16N2O2. The van der Waals surface area contributed by atoms with Crippen molar-refractivity contribution >= 4 is 11.7 Å². The summed E-state index contributed by atoms with van der Waals surface area (Å²) >= 11 is 0. The summed E-state index contributed by atoms with van der Waals surface area (Å²) in [7, 11) is 5.43. The molecule has 0 aliphatic carbocycles.